The number of benzene rings is 1. The van der Waals surface area contributed by atoms with Gasteiger partial charge in [0, 0.05) is 21.3 Å². The molecule has 1 aliphatic carbocycles. The molecule has 0 bridgehead atoms. The number of carbonyl (C=O) groups excluding carboxylic acids is 1. The Hall–Kier alpha value is -1.19. The van der Waals surface area contributed by atoms with Gasteiger partial charge >= 0.3 is 0 Å². The first-order valence-electron chi connectivity index (χ1n) is 6.10. The summed E-state index contributed by atoms with van der Waals surface area (Å²) in [6.45, 7) is 0. The molecule has 3 rings (SSSR count). The second-order valence-corrected chi connectivity index (χ2v) is 5.92. The van der Waals surface area contributed by atoms with Gasteiger partial charge in [-0.25, -0.2) is 0 Å². The summed E-state index contributed by atoms with van der Waals surface area (Å²) in [5, 5.41) is 0.575. The molecule has 2 aromatic rings. The lowest BCUT2D eigenvalue weighted by Crippen LogP contribution is -2.12. The number of hydrogen-bond acceptors (Lipinski definition) is 2. The van der Waals surface area contributed by atoms with Gasteiger partial charge in [-0.1, -0.05) is 33.6 Å². The summed E-state index contributed by atoms with van der Waals surface area (Å²) in [7, 11) is 0. The number of halogens is 2. The van der Waals surface area contributed by atoms with Gasteiger partial charge in [0.15, 0.2) is 5.78 Å². The summed E-state index contributed by atoms with van der Waals surface area (Å²) < 4.78 is 0.784. The smallest absolute Gasteiger partial charge is 0.173 e. The zero-order chi connectivity index (χ0) is 13.4. The van der Waals surface area contributed by atoms with Crippen molar-refractivity contribution in [3.63, 3.8) is 0 Å². The molecule has 19 heavy (non-hydrogen) atoms. The minimum absolute atomic E-state index is 0.0897. The number of carbonyl (C=O) groups is 1. The van der Waals surface area contributed by atoms with Crippen LogP contribution in [0.5, 0.6) is 0 Å². The molecule has 1 atom stereocenters. The minimum Gasteiger partial charge on any atom is -0.293 e. The van der Waals surface area contributed by atoms with E-state index in [4.69, 9.17) is 11.6 Å². The van der Waals surface area contributed by atoms with Crippen molar-refractivity contribution < 1.29 is 4.79 Å². The lowest BCUT2D eigenvalue weighted by Gasteiger charge is -2.11. The molecule has 0 aliphatic heterocycles. The lowest BCUT2D eigenvalue weighted by molar-refractivity contribution is 0.0957. The molecule has 0 saturated carbocycles. The fraction of sp³-hybridized carbons (Fsp3) is 0.200. The van der Waals surface area contributed by atoms with Crippen LogP contribution < -0.4 is 0 Å². The van der Waals surface area contributed by atoms with Gasteiger partial charge in [0.1, 0.15) is 0 Å². The summed E-state index contributed by atoms with van der Waals surface area (Å²) in [5.41, 5.74) is 2.73. The van der Waals surface area contributed by atoms with Crippen LogP contribution in [-0.4, -0.2) is 10.8 Å². The molecule has 0 fully saturated rings. The number of aromatic nitrogens is 1. The summed E-state index contributed by atoms with van der Waals surface area (Å²) in [4.78, 5) is 17.0. The molecule has 96 valence electrons. The molecule has 4 heteroatoms. The second kappa shape index (κ2) is 5.06. The molecule has 0 radical (unpaired) electrons. The van der Waals surface area contributed by atoms with Crippen LogP contribution in [0.2, 0.25) is 5.02 Å². The van der Waals surface area contributed by atoms with Gasteiger partial charge in [-0.05, 0) is 42.7 Å². The third-order valence-corrected chi connectivity index (χ3v) is 4.40. The van der Waals surface area contributed by atoms with Crippen molar-refractivity contribution in [3.05, 3.63) is 62.8 Å². The number of pyridine rings is 1. The fourth-order valence-corrected chi connectivity index (χ4v) is 3.16. The van der Waals surface area contributed by atoms with Crippen molar-refractivity contribution in [2.75, 3.05) is 0 Å². The Morgan fingerprint density at radius 1 is 1.37 bits per heavy atom. The topological polar surface area (TPSA) is 30.0 Å². The Labute approximate surface area is 124 Å². The molecule has 0 amide bonds. The van der Waals surface area contributed by atoms with E-state index >= 15 is 0 Å². The van der Waals surface area contributed by atoms with Crippen molar-refractivity contribution in [1.82, 2.24) is 4.98 Å². The van der Waals surface area contributed by atoms with E-state index in [9.17, 15) is 4.79 Å². The van der Waals surface area contributed by atoms with Crippen molar-refractivity contribution >= 4 is 33.3 Å². The highest BCUT2D eigenvalue weighted by atomic mass is 79.9. The molecule has 1 aliphatic rings. The lowest BCUT2D eigenvalue weighted by atomic mass is 9.95. The average Bonchev–Trinajstić information content (AvgIpc) is 2.84. The molecule has 0 N–H and O–H groups in total. The maximum Gasteiger partial charge on any atom is 0.173 e. The predicted molar refractivity (Wildman–Crippen MR) is 78.8 cm³/mol. The summed E-state index contributed by atoms with van der Waals surface area (Å²) in [5.74, 6) is -0.0576. The largest absolute Gasteiger partial charge is 0.293 e. The zero-order valence-electron chi connectivity index (χ0n) is 10.1. The van der Waals surface area contributed by atoms with Gasteiger partial charge in [-0.15, -0.1) is 0 Å². The average molecular weight is 337 g/mol. The fourth-order valence-electron chi connectivity index (χ4n) is 2.54. The minimum atomic E-state index is -0.147. The first-order valence-corrected chi connectivity index (χ1v) is 7.27. The van der Waals surface area contributed by atoms with Gasteiger partial charge in [0.2, 0.25) is 0 Å². The maximum atomic E-state index is 12.7. The van der Waals surface area contributed by atoms with Crippen molar-refractivity contribution in [1.29, 1.82) is 0 Å². The monoisotopic (exact) mass is 335 g/mol. The summed E-state index contributed by atoms with van der Waals surface area (Å²) >= 11 is 9.40. The molecule has 2 nitrogen and oxygen atoms in total. The van der Waals surface area contributed by atoms with Crippen LogP contribution in [0.4, 0.5) is 0 Å². The Balaban J connectivity index is 2.00. The van der Waals surface area contributed by atoms with Gasteiger partial charge in [-0.2, -0.15) is 0 Å². The van der Waals surface area contributed by atoms with Gasteiger partial charge in [0.05, 0.1) is 11.6 Å². The number of hydrogen-bond donors (Lipinski definition) is 0. The molecule has 0 spiro atoms. The van der Waals surface area contributed by atoms with Crippen molar-refractivity contribution in [2.24, 2.45) is 0 Å². The highest BCUT2D eigenvalue weighted by Crippen LogP contribution is 2.35. The van der Waals surface area contributed by atoms with E-state index in [0.29, 0.717) is 10.6 Å². The molecule has 1 aromatic carbocycles. The van der Waals surface area contributed by atoms with Crippen LogP contribution in [0, 0.1) is 0 Å². The first-order chi connectivity index (χ1) is 9.16. The number of rotatable bonds is 2. The summed E-state index contributed by atoms with van der Waals surface area (Å²) in [6.07, 6.45) is 3.49. The normalized spacial score (nSPS) is 17.3. The van der Waals surface area contributed by atoms with Crippen LogP contribution in [0.3, 0.4) is 0 Å². The van der Waals surface area contributed by atoms with E-state index < -0.39 is 0 Å². The SMILES string of the molecule is O=C(c1cc(Cl)ccc1Br)C1CCc2cccnc21. The molecule has 1 heterocycles. The van der Waals surface area contributed by atoms with E-state index in [0.717, 1.165) is 23.0 Å². The molecule has 0 saturated heterocycles. The van der Waals surface area contributed by atoms with Crippen LogP contribution in [0.15, 0.2) is 41.0 Å². The van der Waals surface area contributed by atoms with Gasteiger partial charge in [-0.3, -0.25) is 9.78 Å². The molecule has 1 aromatic heterocycles. The van der Waals surface area contributed by atoms with Gasteiger partial charge < -0.3 is 0 Å². The molecular weight excluding hydrogens is 326 g/mol. The quantitative estimate of drug-likeness (QED) is 0.760. The van der Waals surface area contributed by atoms with Crippen LogP contribution >= 0.6 is 27.5 Å². The number of fused-ring (bicyclic) bond motifs is 1. The van der Waals surface area contributed by atoms with E-state index in [1.165, 1.54) is 5.56 Å². The third kappa shape index (κ3) is 2.33. The van der Waals surface area contributed by atoms with Crippen molar-refractivity contribution in [3.8, 4) is 0 Å². The van der Waals surface area contributed by atoms with Crippen LogP contribution in [0.25, 0.3) is 0 Å². The standard InChI is InChI=1S/C15H11BrClNO/c16-13-6-4-10(17)8-12(13)15(19)11-5-3-9-2-1-7-18-14(9)11/h1-2,4,6-8,11H,3,5H2. The number of ketones is 1. The summed E-state index contributed by atoms with van der Waals surface area (Å²) in [6, 6.07) is 9.26. The Bertz CT molecular complexity index is 656. The van der Waals surface area contributed by atoms with E-state index in [2.05, 4.69) is 20.9 Å². The van der Waals surface area contributed by atoms with Crippen molar-refractivity contribution in [2.45, 2.75) is 18.8 Å². The van der Waals surface area contributed by atoms with E-state index in [1.54, 1.807) is 18.3 Å². The van der Waals surface area contributed by atoms with E-state index in [1.807, 2.05) is 18.2 Å². The molecule has 1 unspecified atom stereocenters. The first kappa shape index (κ1) is 12.8. The Morgan fingerprint density at radius 3 is 3.05 bits per heavy atom. The number of nitrogens with zero attached hydrogens (tertiary/aromatic N) is 1. The zero-order valence-corrected chi connectivity index (χ0v) is 12.4. The predicted octanol–water partition coefficient (Wildman–Crippen LogP) is 4.41. The second-order valence-electron chi connectivity index (χ2n) is 4.63. The number of aryl methyl sites for hydroxylation is 1. The maximum absolute atomic E-state index is 12.7. The highest BCUT2D eigenvalue weighted by molar-refractivity contribution is 9.10. The molecular formula is C15H11BrClNO. The Kier molecular flexibility index (Phi) is 3.42. The number of Topliss-reactive ketones (excluding diaryl/α,β-unsaturated/α-hetero) is 1. The van der Waals surface area contributed by atoms with E-state index in [-0.39, 0.29) is 11.7 Å². The van der Waals surface area contributed by atoms with Crippen LogP contribution in [0.1, 0.15) is 34.0 Å². The van der Waals surface area contributed by atoms with Crippen LogP contribution in [-0.2, 0) is 6.42 Å². The van der Waals surface area contributed by atoms with Gasteiger partial charge in [0.25, 0.3) is 0 Å². The third-order valence-electron chi connectivity index (χ3n) is 3.47. The highest BCUT2D eigenvalue weighted by Gasteiger charge is 2.31. The Morgan fingerprint density at radius 2 is 2.21 bits per heavy atom.